The van der Waals surface area contributed by atoms with Crippen LogP contribution in [0.25, 0.3) is 0 Å². The number of unbranched alkanes of at least 4 members (excludes halogenated alkanes) is 8. The van der Waals surface area contributed by atoms with Crippen LogP contribution in [0.2, 0.25) is 0 Å². The van der Waals surface area contributed by atoms with Gasteiger partial charge in [0.15, 0.2) is 6.23 Å². The van der Waals surface area contributed by atoms with Crippen LogP contribution in [0.4, 0.5) is 0 Å². The molecule has 0 radical (unpaired) electrons. The van der Waals surface area contributed by atoms with Crippen molar-refractivity contribution in [3.63, 3.8) is 0 Å². The molecular weight excluding hydrogens is 310 g/mol. The summed E-state index contributed by atoms with van der Waals surface area (Å²) in [5.41, 5.74) is 0.498. The molecule has 0 heterocycles. The SMILES string of the molecule is C=C(C)C(=O)OC(CCCCC)N(CCCCCC)CCCCCC. The molecule has 0 aliphatic rings. The van der Waals surface area contributed by atoms with Gasteiger partial charge in [-0.05, 0) is 32.6 Å². The Morgan fingerprint density at radius 1 is 0.840 bits per heavy atom. The number of carbonyl (C=O) groups excluding carboxylic acids is 1. The van der Waals surface area contributed by atoms with Crippen molar-refractivity contribution in [3.8, 4) is 0 Å². The lowest BCUT2D eigenvalue weighted by Crippen LogP contribution is -2.40. The van der Waals surface area contributed by atoms with Gasteiger partial charge in [0, 0.05) is 18.7 Å². The van der Waals surface area contributed by atoms with Crippen LogP contribution in [0.5, 0.6) is 0 Å². The predicted octanol–water partition coefficient (Wildman–Crippen LogP) is 6.47. The highest BCUT2D eigenvalue weighted by Gasteiger charge is 2.22. The number of hydrogen-bond acceptors (Lipinski definition) is 3. The fourth-order valence-corrected chi connectivity index (χ4v) is 2.99. The van der Waals surface area contributed by atoms with Crippen LogP contribution in [0, 0.1) is 0 Å². The quantitative estimate of drug-likeness (QED) is 0.130. The van der Waals surface area contributed by atoms with Crippen LogP contribution < -0.4 is 0 Å². The molecule has 0 spiro atoms. The van der Waals surface area contributed by atoms with E-state index in [2.05, 4.69) is 32.3 Å². The fourth-order valence-electron chi connectivity index (χ4n) is 2.99. The Hall–Kier alpha value is -0.830. The average molecular weight is 354 g/mol. The third-order valence-electron chi connectivity index (χ3n) is 4.65. The van der Waals surface area contributed by atoms with Gasteiger partial charge in [0.05, 0.1) is 0 Å². The highest BCUT2D eigenvalue weighted by Crippen LogP contribution is 2.16. The number of nitrogens with zero attached hydrogens (tertiary/aromatic N) is 1. The summed E-state index contributed by atoms with van der Waals surface area (Å²) in [7, 11) is 0. The Morgan fingerprint density at radius 2 is 1.32 bits per heavy atom. The van der Waals surface area contributed by atoms with Crippen LogP contribution in [0.3, 0.4) is 0 Å². The monoisotopic (exact) mass is 353 g/mol. The van der Waals surface area contributed by atoms with Crippen molar-refractivity contribution in [1.29, 1.82) is 0 Å². The third-order valence-corrected chi connectivity index (χ3v) is 4.65. The molecule has 0 aliphatic heterocycles. The molecule has 25 heavy (non-hydrogen) atoms. The zero-order valence-electron chi connectivity index (χ0n) is 17.4. The highest BCUT2D eigenvalue weighted by atomic mass is 16.6. The van der Waals surface area contributed by atoms with Crippen LogP contribution in [-0.2, 0) is 9.53 Å². The number of hydrogen-bond donors (Lipinski definition) is 0. The normalized spacial score (nSPS) is 12.4. The van der Waals surface area contributed by atoms with Gasteiger partial charge in [-0.2, -0.15) is 0 Å². The minimum absolute atomic E-state index is 0.0843. The summed E-state index contributed by atoms with van der Waals surface area (Å²) in [6.07, 6.45) is 14.3. The first-order chi connectivity index (χ1) is 12.1. The number of ether oxygens (including phenoxy) is 1. The first-order valence-electron chi connectivity index (χ1n) is 10.7. The lowest BCUT2D eigenvalue weighted by atomic mass is 10.1. The van der Waals surface area contributed by atoms with Gasteiger partial charge >= 0.3 is 5.97 Å². The summed E-state index contributed by atoms with van der Waals surface area (Å²) in [6, 6.07) is 0. The topological polar surface area (TPSA) is 29.5 Å². The molecule has 0 saturated carbocycles. The standard InChI is InChI=1S/C22H43NO2/c1-6-9-12-15-18-23(19-16-13-10-7-2)21(17-14-11-8-3)25-22(24)20(4)5/h21H,4,6-19H2,1-3,5H3. The molecule has 1 atom stereocenters. The van der Waals surface area contributed by atoms with Gasteiger partial charge in [-0.3, -0.25) is 4.90 Å². The largest absolute Gasteiger partial charge is 0.443 e. The van der Waals surface area contributed by atoms with Crippen LogP contribution in [0.15, 0.2) is 12.2 Å². The minimum Gasteiger partial charge on any atom is -0.443 e. The minimum atomic E-state index is -0.242. The fraction of sp³-hybridized carbons (Fsp3) is 0.864. The Bertz CT molecular complexity index is 329. The molecule has 0 N–H and O–H groups in total. The molecule has 148 valence electrons. The molecule has 1 unspecified atom stereocenters. The zero-order chi connectivity index (χ0) is 18.9. The maximum absolute atomic E-state index is 12.1. The predicted molar refractivity (Wildman–Crippen MR) is 109 cm³/mol. The van der Waals surface area contributed by atoms with Crippen LogP contribution in [0.1, 0.15) is 105 Å². The lowest BCUT2D eigenvalue weighted by Gasteiger charge is -2.31. The Labute approximate surface area is 157 Å². The summed E-state index contributed by atoms with van der Waals surface area (Å²) in [4.78, 5) is 14.5. The number of carbonyl (C=O) groups is 1. The van der Waals surface area contributed by atoms with E-state index >= 15 is 0 Å². The first kappa shape index (κ1) is 24.2. The molecule has 0 fully saturated rings. The Kier molecular flexibility index (Phi) is 16.1. The Morgan fingerprint density at radius 3 is 1.76 bits per heavy atom. The van der Waals surface area contributed by atoms with Crippen molar-refractivity contribution in [2.45, 2.75) is 111 Å². The lowest BCUT2D eigenvalue weighted by molar-refractivity contribution is -0.155. The smallest absolute Gasteiger partial charge is 0.334 e. The van der Waals surface area contributed by atoms with E-state index in [0.717, 1.165) is 25.9 Å². The van der Waals surface area contributed by atoms with Crippen molar-refractivity contribution in [2.24, 2.45) is 0 Å². The molecule has 0 rings (SSSR count). The van der Waals surface area contributed by atoms with Gasteiger partial charge in [-0.15, -0.1) is 0 Å². The molecule has 0 bridgehead atoms. The van der Waals surface area contributed by atoms with Crippen molar-refractivity contribution in [2.75, 3.05) is 13.1 Å². The molecule has 0 aromatic carbocycles. The van der Waals surface area contributed by atoms with Gasteiger partial charge in [0.2, 0.25) is 0 Å². The molecule has 0 amide bonds. The van der Waals surface area contributed by atoms with Crippen molar-refractivity contribution in [3.05, 3.63) is 12.2 Å². The van der Waals surface area contributed by atoms with Crippen molar-refractivity contribution < 1.29 is 9.53 Å². The van der Waals surface area contributed by atoms with Gasteiger partial charge < -0.3 is 4.74 Å². The molecule has 3 nitrogen and oxygen atoms in total. The second-order valence-corrected chi connectivity index (χ2v) is 7.29. The van der Waals surface area contributed by atoms with E-state index in [1.165, 1.54) is 64.2 Å². The second-order valence-electron chi connectivity index (χ2n) is 7.29. The number of esters is 1. The van der Waals surface area contributed by atoms with Gasteiger partial charge in [-0.1, -0.05) is 78.7 Å². The van der Waals surface area contributed by atoms with E-state index < -0.39 is 0 Å². The zero-order valence-corrected chi connectivity index (χ0v) is 17.4. The highest BCUT2D eigenvalue weighted by molar-refractivity contribution is 5.87. The Balaban J connectivity index is 4.76. The molecule has 0 saturated heterocycles. The van der Waals surface area contributed by atoms with E-state index in [-0.39, 0.29) is 12.2 Å². The first-order valence-corrected chi connectivity index (χ1v) is 10.7. The van der Waals surface area contributed by atoms with Crippen LogP contribution >= 0.6 is 0 Å². The van der Waals surface area contributed by atoms with Gasteiger partial charge in [-0.25, -0.2) is 4.79 Å². The maximum atomic E-state index is 12.1. The van der Waals surface area contributed by atoms with Gasteiger partial charge in [0.1, 0.15) is 0 Å². The molecule has 0 aromatic rings. The van der Waals surface area contributed by atoms with E-state index in [9.17, 15) is 4.79 Å². The molecule has 3 heteroatoms. The average Bonchev–Trinajstić information content (AvgIpc) is 2.59. The molecule has 0 aromatic heterocycles. The maximum Gasteiger partial charge on any atom is 0.334 e. The molecule has 0 aliphatic carbocycles. The summed E-state index contributed by atoms with van der Waals surface area (Å²) in [5, 5.41) is 0. The van der Waals surface area contributed by atoms with Crippen molar-refractivity contribution in [1.82, 2.24) is 4.90 Å². The third kappa shape index (κ3) is 13.1. The second kappa shape index (κ2) is 16.6. The van der Waals surface area contributed by atoms with E-state index in [1.54, 1.807) is 6.92 Å². The van der Waals surface area contributed by atoms with Crippen molar-refractivity contribution >= 4 is 5.97 Å². The van der Waals surface area contributed by atoms with Crippen LogP contribution in [-0.4, -0.2) is 30.2 Å². The van der Waals surface area contributed by atoms with Gasteiger partial charge in [0.25, 0.3) is 0 Å². The summed E-state index contributed by atoms with van der Waals surface area (Å²) in [5.74, 6) is -0.242. The summed E-state index contributed by atoms with van der Waals surface area (Å²) < 4.78 is 5.82. The number of rotatable bonds is 17. The van der Waals surface area contributed by atoms with E-state index in [0.29, 0.717) is 5.57 Å². The summed E-state index contributed by atoms with van der Waals surface area (Å²) >= 11 is 0. The molecular formula is C22H43NO2. The van der Waals surface area contributed by atoms with E-state index in [1.807, 2.05) is 0 Å². The van der Waals surface area contributed by atoms with E-state index in [4.69, 9.17) is 4.74 Å². The summed E-state index contributed by atoms with van der Waals surface area (Å²) in [6.45, 7) is 14.2.